The average molecular weight is 356 g/mol. The van der Waals surface area contributed by atoms with Gasteiger partial charge in [-0.25, -0.2) is 0 Å². The van der Waals surface area contributed by atoms with Crippen molar-refractivity contribution in [3.05, 3.63) is 0 Å². The van der Waals surface area contributed by atoms with Crippen LogP contribution in [0.5, 0.6) is 0 Å². The van der Waals surface area contributed by atoms with Crippen molar-refractivity contribution >= 4 is 5.96 Å². The maximum atomic E-state index is 5.10. The summed E-state index contributed by atoms with van der Waals surface area (Å²) in [5.74, 6) is 1.85. The minimum Gasteiger partial charge on any atom is -0.385 e. The first kappa shape index (κ1) is 22.2. The highest BCUT2D eigenvalue weighted by molar-refractivity contribution is 5.79. The SMILES string of the molecule is CCNC(=NCCCN1CCC(C)CC1)NCCN(C)CCCOC. The van der Waals surface area contributed by atoms with Crippen molar-refractivity contribution in [3.8, 4) is 0 Å². The van der Waals surface area contributed by atoms with Gasteiger partial charge in [-0.1, -0.05) is 6.92 Å². The number of hydrogen-bond donors (Lipinski definition) is 2. The molecule has 25 heavy (non-hydrogen) atoms. The van der Waals surface area contributed by atoms with Gasteiger partial charge in [0, 0.05) is 46.4 Å². The Hall–Kier alpha value is -0.850. The van der Waals surface area contributed by atoms with Crippen molar-refractivity contribution in [1.29, 1.82) is 0 Å². The molecule has 1 aliphatic rings. The molecule has 6 heteroatoms. The van der Waals surface area contributed by atoms with Gasteiger partial charge in [-0.05, 0) is 65.2 Å². The van der Waals surface area contributed by atoms with Gasteiger partial charge in [0.1, 0.15) is 0 Å². The largest absolute Gasteiger partial charge is 0.385 e. The third-order valence-corrected chi connectivity index (χ3v) is 4.80. The van der Waals surface area contributed by atoms with Crippen molar-refractivity contribution in [1.82, 2.24) is 20.4 Å². The van der Waals surface area contributed by atoms with Crippen molar-refractivity contribution in [3.63, 3.8) is 0 Å². The molecule has 0 aromatic rings. The molecule has 0 aromatic heterocycles. The van der Waals surface area contributed by atoms with E-state index in [-0.39, 0.29) is 0 Å². The average Bonchev–Trinajstić information content (AvgIpc) is 2.60. The minimum absolute atomic E-state index is 0.831. The molecule has 0 bridgehead atoms. The molecule has 1 aliphatic heterocycles. The summed E-state index contributed by atoms with van der Waals surface area (Å²) in [6.45, 7) is 13.8. The Bertz CT molecular complexity index is 343. The minimum atomic E-state index is 0.831. The van der Waals surface area contributed by atoms with Crippen LogP contribution in [0.2, 0.25) is 0 Å². The van der Waals surface area contributed by atoms with Crippen LogP contribution >= 0.6 is 0 Å². The Labute approximate surface area is 155 Å². The highest BCUT2D eigenvalue weighted by Crippen LogP contribution is 2.15. The Morgan fingerprint density at radius 1 is 1.20 bits per heavy atom. The fourth-order valence-corrected chi connectivity index (χ4v) is 3.07. The highest BCUT2D eigenvalue weighted by Gasteiger charge is 2.14. The lowest BCUT2D eigenvalue weighted by molar-refractivity contribution is 0.180. The highest BCUT2D eigenvalue weighted by atomic mass is 16.5. The third-order valence-electron chi connectivity index (χ3n) is 4.80. The molecule has 0 aliphatic carbocycles. The van der Waals surface area contributed by atoms with Crippen LogP contribution < -0.4 is 10.6 Å². The summed E-state index contributed by atoms with van der Waals surface area (Å²) in [6, 6.07) is 0. The molecule has 1 fully saturated rings. The maximum absolute atomic E-state index is 5.10. The molecule has 0 radical (unpaired) electrons. The van der Waals surface area contributed by atoms with E-state index < -0.39 is 0 Å². The Morgan fingerprint density at radius 3 is 2.64 bits per heavy atom. The van der Waals surface area contributed by atoms with Gasteiger partial charge in [0.25, 0.3) is 0 Å². The zero-order valence-corrected chi connectivity index (χ0v) is 17.0. The monoisotopic (exact) mass is 355 g/mol. The molecule has 148 valence electrons. The second-order valence-electron chi connectivity index (χ2n) is 7.21. The summed E-state index contributed by atoms with van der Waals surface area (Å²) in [5.41, 5.74) is 0. The molecule has 1 rings (SSSR count). The van der Waals surface area contributed by atoms with E-state index in [4.69, 9.17) is 9.73 Å². The summed E-state index contributed by atoms with van der Waals surface area (Å²) >= 11 is 0. The Kier molecular flexibility index (Phi) is 12.7. The maximum Gasteiger partial charge on any atom is 0.191 e. The molecule has 2 N–H and O–H groups in total. The van der Waals surface area contributed by atoms with Crippen LogP contribution in [0.25, 0.3) is 0 Å². The van der Waals surface area contributed by atoms with Crippen LogP contribution in [-0.4, -0.2) is 88.9 Å². The molecule has 0 unspecified atom stereocenters. The summed E-state index contributed by atoms with van der Waals surface area (Å²) in [5, 5.41) is 6.78. The molecule has 0 spiro atoms. The second kappa shape index (κ2) is 14.3. The lowest BCUT2D eigenvalue weighted by Crippen LogP contribution is -2.41. The van der Waals surface area contributed by atoms with Gasteiger partial charge in [-0.2, -0.15) is 0 Å². The Balaban J connectivity index is 2.15. The molecule has 1 heterocycles. The molecule has 6 nitrogen and oxygen atoms in total. The van der Waals surface area contributed by atoms with Crippen molar-refractivity contribution in [2.24, 2.45) is 10.9 Å². The van der Waals surface area contributed by atoms with E-state index in [1.165, 1.54) is 32.5 Å². The number of piperidine rings is 1. The van der Waals surface area contributed by atoms with Gasteiger partial charge in [0.15, 0.2) is 5.96 Å². The number of ether oxygens (including phenoxy) is 1. The van der Waals surface area contributed by atoms with Crippen molar-refractivity contribution in [2.45, 2.75) is 39.5 Å². The van der Waals surface area contributed by atoms with Gasteiger partial charge >= 0.3 is 0 Å². The number of rotatable bonds is 12. The number of methoxy groups -OCH3 is 1. The number of nitrogens with zero attached hydrogens (tertiary/aromatic N) is 3. The summed E-state index contributed by atoms with van der Waals surface area (Å²) in [4.78, 5) is 9.63. The zero-order valence-electron chi connectivity index (χ0n) is 17.0. The predicted octanol–water partition coefficient (Wildman–Crippen LogP) is 1.63. The first-order chi connectivity index (χ1) is 12.2. The first-order valence-electron chi connectivity index (χ1n) is 10.1. The van der Waals surface area contributed by atoms with E-state index in [0.29, 0.717) is 0 Å². The fraction of sp³-hybridized carbons (Fsp3) is 0.947. The van der Waals surface area contributed by atoms with Crippen LogP contribution in [0.4, 0.5) is 0 Å². The number of likely N-dealkylation sites (N-methyl/N-ethyl adjacent to an activating group) is 1. The zero-order chi connectivity index (χ0) is 18.3. The lowest BCUT2D eigenvalue weighted by atomic mass is 9.99. The fourth-order valence-electron chi connectivity index (χ4n) is 3.07. The standard InChI is InChI=1S/C19H41N5O/c1-5-20-19(22-11-16-23(3)12-7-17-25-4)21-10-6-13-24-14-8-18(2)9-15-24/h18H,5-17H2,1-4H3,(H2,20,21,22). The number of guanidine groups is 1. The predicted molar refractivity (Wildman–Crippen MR) is 107 cm³/mol. The van der Waals surface area contributed by atoms with Crippen LogP contribution in [0, 0.1) is 5.92 Å². The van der Waals surface area contributed by atoms with E-state index in [0.717, 1.165) is 64.0 Å². The molecule has 0 atom stereocenters. The molecule has 0 aromatic carbocycles. The second-order valence-corrected chi connectivity index (χ2v) is 7.21. The lowest BCUT2D eigenvalue weighted by Gasteiger charge is -2.29. The summed E-state index contributed by atoms with van der Waals surface area (Å²) in [7, 11) is 3.91. The quantitative estimate of drug-likeness (QED) is 0.317. The number of nitrogens with one attached hydrogen (secondary N) is 2. The van der Waals surface area contributed by atoms with Gasteiger partial charge in [0.05, 0.1) is 0 Å². The van der Waals surface area contributed by atoms with E-state index in [1.807, 2.05) is 0 Å². The number of aliphatic imine (C=N–C) groups is 1. The van der Waals surface area contributed by atoms with E-state index in [2.05, 4.69) is 41.3 Å². The number of likely N-dealkylation sites (tertiary alicyclic amines) is 1. The Morgan fingerprint density at radius 2 is 1.96 bits per heavy atom. The van der Waals surface area contributed by atoms with E-state index >= 15 is 0 Å². The van der Waals surface area contributed by atoms with Crippen molar-refractivity contribution < 1.29 is 4.74 Å². The topological polar surface area (TPSA) is 52.1 Å². The van der Waals surface area contributed by atoms with Crippen LogP contribution in [-0.2, 0) is 4.74 Å². The smallest absolute Gasteiger partial charge is 0.191 e. The first-order valence-corrected chi connectivity index (χ1v) is 10.1. The van der Waals surface area contributed by atoms with Crippen LogP contribution in [0.1, 0.15) is 39.5 Å². The molecular formula is C19H41N5O. The molecule has 0 amide bonds. The normalized spacial score (nSPS) is 17.2. The van der Waals surface area contributed by atoms with Gasteiger partial charge in [-0.15, -0.1) is 0 Å². The summed E-state index contributed by atoms with van der Waals surface area (Å²) < 4.78 is 5.10. The van der Waals surface area contributed by atoms with Gasteiger partial charge < -0.3 is 25.2 Å². The van der Waals surface area contributed by atoms with Gasteiger partial charge in [0.2, 0.25) is 0 Å². The third kappa shape index (κ3) is 11.4. The van der Waals surface area contributed by atoms with Crippen molar-refractivity contribution in [2.75, 3.05) is 73.1 Å². The van der Waals surface area contributed by atoms with Gasteiger partial charge in [-0.3, -0.25) is 4.99 Å². The summed E-state index contributed by atoms with van der Waals surface area (Å²) in [6.07, 6.45) is 4.93. The van der Waals surface area contributed by atoms with Crippen LogP contribution in [0.3, 0.4) is 0 Å². The van der Waals surface area contributed by atoms with Crippen LogP contribution in [0.15, 0.2) is 4.99 Å². The molecule has 1 saturated heterocycles. The van der Waals surface area contributed by atoms with E-state index in [1.54, 1.807) is 7.11 Å². The number of hydrogen-bond acceptors (Lipinski definition) is 4. The van der Waals surface area contributed by atoms with E-state index in [9.17, 15) is 0 Å². The molecular weight excluding hydrogens is 314 g/mol. The molecule has 0 saturated carbocycles.